The highest BCUT2D eigenvalue weighted by atomic mass is 19.4. The molecule has 8 heteroatoms. The van der Waals surface area contributed by atoms with Crippen LogP contribution in [0.5, 0.6) is 0 Å². The molecule has 1 fully saturated rings. The number of nitrogen functional groups attached to an aromatic ring is 1. The van der Waals surface area contributed by atoms with E-state index in [1.54, 1.807) is 4.90 Å². The normalized spacial score (nSPS) is 20.2. The molecule has 5 nitrogen and oxygen atoms in total. The van der Waals surface area contributed by atoms with Gasteiger partial charge in [0, 0.05) is 18.8 Å². The van der Waals surface area contributed by atoms with Crippen molar-refractivity contribution in [1.29, 1.82) is 0 Å². The lowest BCUT2D eigenvalue weighted by atomic mass is 10.0. The highest BCUT2D eigenvalue weighted by Gasteiger charge is 2.31. The molecule has 1 aromatic rings. The summed E-state index contributed by atoms with van der Waals surface area (Å²) in [6, 6.07) is 0.0709. The minimum atomic E-state index is -4.39. The van der Waals surface area contributed by atoms with Crippen molar-refractivity contribution in [2.24, 2.45) is 0 Å². The first-order valence-electron chi connectivity index (χ1n) is 6.48. The second-order valence-corrected chi connectivity index (χ2v) is 5.08. The van der Waals surface area contributed by atoms with Crippen molar-refractivity contribution in [1.82, 2.24) is 14.7 Å². The Hall–Kier alpha value is -1.73. The predicted octanol–water partition coefficient (Wildman–Crippen LogP) is 2.04. The minimum absolute atomic E-state index is 0.0444. The molecular weight excluding hydrogens is 273 g/mol. The van der Waals surface area contributed by atoms with E-state index in [1.807, 2.05) is 6.92 Å². The van der Waals surface area contributed by atoms with Gasteiger partial charge in [-0.3, -0.25) is 9.48 Å². The first-order chi connectivity index (χ1) is 9.28. The number of likely N-dealkylation sites (tertiary alicyclic amines) is 1. The second kappa shape index (κ2) is 5.34. The molecule has 0 spiro atoms. The Kier molecular flexibility index (Phi) is 3.92. The first kappa shape index (κ1) is 14.7. The van der Waals surface area contributed by atoms with E-state index in [2.05, 4.69) is 5.10 Å². The molecule has 2 rings (SSSR count). The molecule has 1 atom stereocenters. The summed E-state index contributed by atoms with van der Waals surface area (Å²) in [6.45, 7) is 1.28. The minimum Gasteiger partial charge on any atom is -0.382 e. The lowest BCUT2D eigenvalue weighted by Gasteiger charge is -2.33. The zero-order valence-electron chi connectivity index (χ0n) is 11.2. The zero-order valence-corrected chi connectivity index (χ0v) is 11.2. The van der Waals surface area contributed by atoms with E-state index in [1.165, 1.54) is 0 Å². The van der Waals surface area contributed by atoms with Gasteiger partial charge in [0.2, 0.25) is 0 Å². The lowest BCUT2D eigenvalue weighted by Crippen LogP contribution is -2.42. The number of anilines is 1. The lowest BCUT2D eigenvalue weighted by molar-refractivity contribution is -0.142. The van der Waals surface area contributed by atoms with Crippen LogP contribution in [0, 0.1) is 0 Å². The average Bonchev–Trinajstić information content (AvgIpc) is 2.67. The highest BCUT2D eigenvalue weighted by molar-refractivity contribution is 5.98. The van der Waals surface area contributed by atoms with Crippen LogP contribution in [0.3, 0.4) is 0 Å². The van der Waals surface area contributed by atoms with Gasteiger partial charge in [0.05, 0.1) is 0 Å². The number of rotatable bonds is 2. The Balaban J connectivity index is 2.17. The largest absolute Gasteiger partial charge is 0.408 e. The van der Waals surface area contributed by atoms with E-state index >= 15 is 0 Å². The summed E-state index contributed by atoms with van der Waals surface area (Å²) in [6.07, 6.45) is -0.480. The number of piperidine rings is 1. The van der Waals surface area contributed by atoms with Crippen molar-refractivity contribution in [3.8, 4) is 0 Å². The molecule has 0 radical (unpaired) electrons. The van der Waals surface area contributed by atoms with Gasteiger partial charge in [0.15, 0.2) is 5.82 Å². The van der Waals surface area contributed by atoms with E-state index < -0.39 is 12.7 Å². The van der Waals surface area contributed by atoms with Gasteiger partial charge in [-0.25, -0.2) is 0 Å². The van der Waals surface area contributed by atoms with Crippen LogP contribution < -0.4 is 5.73 Å². The van der Waals surface area contributed by atoms with E-state index in [0.29, 0.717) is 11.2 Å². The number of hydrogen-bond acceptors (Lipinski definition) is 3. The number of carbonyl (C=O) groups is 1. The van der Waals surface area contributed by atoms with Crippen molar-refractivity contribution in [2.45, 2.75) is 44.9 Å². The number of aromatic nitrogens is 2. The molecule has 112 valence electrons. The van der Waals surface area contributed by atoms with E-state index in [9.17, 15) is 18.0 Å². The molecule has 0 saturated carbocycles. The van der Waals surface area contributed by atoms with Crippen molar-refractivity contribution in [2.75, 3.05) is 12.3 Å². The maximum atomic E-state index is 12.3. The number of amides is 1. The maximum Gasteiger partial charge on any atom is 0.408 e. The molecule has 1 unspecified atom stereocenters. The van der Waals surface area contributed by atoms with Gasteiger partial charge in [-0.2, -0.15) is 18.3 Å². The summed E-state index contributed by atoms with van der Waals surface area (Å²) in [5.74, 6) is -0.500. The second-order valence-electron chi connectivity index (χ2n) is 5.08. The van der Waals surface area contributed by atoms with Crippen molar-refractivity contribution in [3.05, 3.63) is 11.8 Å². The number of hydrogen-bond donors (Lipinski definition) is 1. The third-order valence-corrected chi connectivity index (χ3v) is 3.43. The Morgan fingerprint density at radius 3 is 2.80 bits per heavy atom. The number of halogens is 3. The fourth-order valence-electron chi connectivity index (χ4n) is 2.42. The van der Waals surface area contributed by atoms with Gasteiger partial charge >= 0.3 is 6.18 Å². The highest BCUT2D eigenvalue weighted by Crippen LogP contribution is 2.23. The van der Waals surface area contributed by atoms with Gasteiger partial charge in [-0.05, 0) is 26.2 Å². The molecule has 1 aliphatic heterocycles. The van der Waals surface area contributed by atoms with Crippen LogP contribution in [0.2, 0.25) is 0 Å². The molecule has 1 aliphatic rings. The molecule has 2 N–H and O–H groups in total. The monoisotopic (exact) mass is 290 g/mol. The molecule has 1 aromatic heterocycles. The summed E-state index contributed by atoms with van der Waals surface area (Å²) in [5, 5.41) is 3.56. The summed E-state index contributed by atoms with van der Waals surface area (Å²) >= 11 is 0. The van der Waals surface area contributed by atoms with Crippen molar-refractivity contribution >= 4 is 11.7 Å². The third-order valence-electron chi connectivity index (χ3n) is 3.43. The van der Waals surface area contributed by atoms with Crippen LogP contribution in [0.15, 0.2) is 6.20 Å². The smallest absolute Gasteiger partial charge is 0.382 e. The summed E-state index contributed by atoms with van der Waals surface area (Å²) in [7, 11) is 0. The van der Waals surface area contributed by atoms with E-state index in [-0.39, 0.29) is 23.3 Å². The molecule has 1 amide bonds. The first-order valence-corrected chi connectivity index (χ1v) is 6.48. The van der Waals surface area contributed by atoms with Gasteiger partial charge in [-0.15, -0.1) is 0 Å². The molecule has 0 aromatic carbocycles. The SMILES string of the molecule is CC1CCCCN1C(=O)c1cn(CC(F)(F)F)nc1N. The van der Waals surface area contributed by atoms with Gasteiger partial charge in [-0.1, -0.05) is 0 Å². The number of carbonyl (C=O) groups excluding carboxylic acids is 1. The Morgan fingerprint density at radius 1 is 1.50 bits per heavy atom. The van der Waals surface area contributed by atoms with Crippen LogP contribution in [0.4, 0.5) is 19.0 Å². The molecule has 0 bridgehead atoms. The van der Waals surface area contributed by atoms with Crippen LogP contribution in [-0.4, -0.2) is 39.4 Å². The third kappa shape index (κ3) is 3.23. The topological polar surface area (TPSA) is 64.2 Å². The van der Waals surface area contributed by atoms with Crippen LogP contribution in [-0.2, 0) is 6.54 Å². The predicted molar refractivity (Wildman–Crippen MR) is 67.0 cm³/mol. The number of alkyl halides is 3. The summed E-state index contributed by atoms with van der Waals surface area (Å²) < 4.78 is 37.6. The summed E-state index contributed by atoms with van der Waals surface area (Å²) in [4.78, 5) is 14.0. The number of nitrogens with zero attached hydrogens (tertiary/aromatic N) is 3. The van der Waals surface area contributed by atoms with Gasteiger partial charge < -0.3 is 10.6 Å². The molecule has 1 saturated heterocycles. The van der Waals surface area contributed by atoms with Crippen LogP contribution in [0.25, 0.3) is 0 Å². The standard InChI is InChI=1S/C12H17F3N4O/c1-8-4-2-3-5-19(8)11(20)9-6-18(17-10(9)16)7-12(13,14)15/h6,8H,2-5,7H2,1H3,(H2,16,17). The van der Waals surface area contributed by atoms with Crippen LogP contribution >= 0.6 is 0 Å². The quantitative estimate of drug-likeness (QED) is 0.906. The van der Waals surface area contributed by atoms with Gasteiger partial charge in [0.25, 0.3) is 5.91 Å². The zero-order chi connectivity index (χ0) is 14.9. The fraction of sp³-hybridized carbons (Fsp3) is 0.667. The molecule has 2 heterocycles. The van der Waals surface area contributed by atoms with E-state index in [0.717, 1.165) is 25.5 Å². The van der Waals surface area contributed by atoms with E-state index in [4.69, 9.17) is 5.73 Å². The average molecular weight is 290 g/mol. The Bertz CT molecular complexity index is 497. The molecule has 0 aliphatic carbocycles. The maximum absolute atomic E-state index is 12.3. The Labute approximate surface area is 114 Å². The fourth-order valence-corrected chi connectivity index (χ4v) is 2.42. The Morgan fingerprint density at radius 2 is 2.20 bits per heavy atom. The van der Waals surface area contributed by atoms with Crippen molar-refractivity contribution in [3.63, 3.8) is 0 Å². The molecule has 20 heavy (non-hydrogen) atoms. The van der Waals surface area contributed by atoms with Crippen molar-refractivity contribution < 1.29 is 18.0 Å². The summed E-state index contributed by atoms with van der Waals surface area (Å²) in [5.41, 5.74) is 5.61. The van der Waals surface area contributed by atoms with Crippen LogP contribution in [0.1, 0.15) is 36.5 Å². The molecular formula is C12H17F3N4O. The van der Waals surface area contributed by atoms with Gasteiger partial charge in [0.1, 0.15) is 12.1 Å². The number of nitrogens with two attached hydrogens (primary N) is 1.